The fraction of sp³-hybridized carbons (Fsp3) is 0.538. The van der Waals surface area contributed by atoms with Crippen molar-refractivity contribution in [3.05, 3.63) is 29.3 Å². The molecule has 17 heavy (non-hydrogen) atoms. The van der Waals surface area contributed by atoms with Gasteiger partial charge in [0.25, 0.3) is 0 Å². The van der Waals surface area contributed by atoms with Gasteiger partial charge in [-0.3, -0.25) is 0 Å². The molecule has 1 heterocycles. The number of likely N-dealkylation sites (tertiary alicyclic amines) is 1. The zero-order chi connectivity index (χ0) is 12.3. The van der Waals surface area contributed by atoms with Gasteiger partial charge in [0.15, 0.2) is 0 Å². The molecule has 3 nitrogen and oxygen atoms in total. The highest BCUT2D eigenvalue weighted by Crippen LogP contribution is 2.26. The molecule has 0 aromatic heterocycles. The highest BCUT2D eigenvalue weighted by Gasteiger charge is 2.32. The molecule has 1 fully saturated rings. The lowest BCUT2D eigenvalue weighted by Gasteiger charge is -2.41. The minimum Gasteiger partial charge on any atom is -0.378 e. The molecule has 94 valence electrons. The molecule has 2 rings (SSSR count). The molecule has 0 amide bonds. The van der Waals surface area contributed by atoms with Gasteiger partial charge in [0, 0.05) is 30.3 Å². The van der Waals surface area contributed by atoms with Gasteiger partial charge in [-0.1, -0.05) is 17.7 Å². The summed E-state index contributed by atoms with van der Waals surface area (Å²) in [7, 11) is 2.15. The third-order valence-electron chi connectivity index (χ3n) is 3.57. The van der Waals surface area contributed by atoms with Gasteiger partial charge in [-0.05, 0) is 38.1 Å². The topological polar surface area (TPSA) is 41.3 Å². The lowest BCUT2D eigenvalue weighted by atomic mass is 9.87. The Hall–Kier alpha value is -0.770. The summed E-state index contributed by atoms with van der Waals surface area (Å²) in [5.41, 5.74) is 7.04. The van der Waals surface area contributed by atoms with E-state index in [4.69, 9.17) is 17.3 Å². The number of nitrogens with two attached hydrogens (primary N) is 1. The molecular weight excluding hydrogens is 234 g/mol. The molecule has 0 saturated carbocycles. The molecule has 1 aliphatic heterocycles. The van der Waals surface area contributed by atoms with Crippen molar-refractivity contribution in [3.8, 4) is 0 Å². The third kappa shape index (κ3) is 3.12. The van der Waals surface area contributed by atoms with Gasteiger partial charge in [0.2, 0.25) is 0 Å². The first kappa shape index (κ1) is 12.7. The third-order valence-corrected chi connectivity index (χ3v) is 3.80. The van der Waals surface area contributed by atoms with Crippen molar-refractivity contribution in [2.24, 2.45) is 5.73 Å². The Labute approximate surface area is 108 Å². The van der Waals surface area contributed by atoms with E-state index < -0.39 is 0 Å². The van der Waals surface area contributed by atoms with Gasteiger partial charge in [-0.25, -0.2) is 0 Å². The summed E-state index contributed by atoms with van der Waals surface area (Å²) in [5, 5.41) is 4.33. The summed E-state index contributed by atoms with van der Waals surface area (Å²) >= 11 is 5.99. The van der Waals surface area contributed by atoms with Gasteiger partial charge >= 0.3 is 0 Å². The maximum atomic E-state index is 5.99. The molecule has 0 radical (unpaired) electrons. The predicted octanol–water partition coefficient (Wildman–Crippen LogP) is 2.17. The number of nitrogens with zero attached hydrogens (tertiary/aromatic N) is 1. The van der Waals surface area contributed by atoms with E-state index in [-0.39, 0.29) is 5.54 Å². The van der Waals surface area contributed by atoms with E-state index in [1.54, 1.807) is 0 Å². The lowest BCUT2D eigenvalue weighted by molar-refractivity contribution is 0.209. The summed E-state index contributed by atoms with van der Waals surface area (Å²) in [6.07, 6.45) is 2.15. The van der Waals surface area contributed by atoms with E-state index in [2.05, 4.69) is 17.3 Å². The standard InChI is InChI=1S/C13H20ClN3/c1-17-7-5-13(10-15,6-8-17)16-12-4-2-3-11(14)9-12/h2-4,9,16H,5-8,10,15H2,1H3. The number of hydrogen-bond acceptors (Lipinski definition) is 3. The fourth-order valence-electron chi connectivity index (χ4n) is 2.30. The van der Waals surface area contributed by atoms with Gasteiger partial charge in [0.05, 0.1) is 5.54 Å². The van der Waals surface area contributed by atoms with Gasteiger partial charge in [0.1, 0.15) is 0 Å². The van der Waals surface area contributed by atoms with Crippen LogP contribution in [0.4, 0.5) is 5.69 Å². The average Bonchev–Trinajstić information content (AvgIpc) is 2.33. The second-order valence-electron chi connectivity index (χ2n) is 4.92. The fourth-order valence-corrected chi connectivity index (χ4v) is 2.49. The van der Waals surface area contributed by atoms with Crippen molar-refractivity contribution in [1.82, 2.24) is 4.90 Å². The van der Waals surface area contributed by atoms with Crippen LogP contribution in [0.5, 0.6) is 0 Å². The van der Waals surface area contributed by atoms with Crippen molar-refractivity contribution in [1.29, 1.82) is 0 Å². The molecule has 4 heteroatoms. The quantitative estimate of drug-likeness (QED) is 0.868. The number of piperidine rings is 1. The van der Waals surface area contributed by atoms with Crippen LogP contribution in [0.15, 0.2) is 24.3 Å². The van der Waals surface area contributed by atoms with E-state index in [1.807, 2.05) is 24.3 Å². The van der Waals surface area contributed by atoms with Gasteiger partial charge in [-0.2, -0.15) is 0 Å². The number of rotatable bonds is 3. The van der Waals surface area contributed by atoms with Crippen LogP contribution in [-0.2, 0) is 0 Å². The average molecular weight is 254 g/mol. The molecular formula is C13H20ClN3. The second-order valence-corrected chi connectivity index (χ2v) is 5.36. The first-order valence-corrected chi connectivity index (χ1v) is 6.44. The van der Waals surface area contributed by atoms with Gasteiger partial charge in [-0.15, -0.1) is 0 Å². The molecule has 0 bridgehead atoms. The summed E-state index contributed by atoms with van der Waals surface area (Å²) in [6, 6.07) is 7.85. The number of halogens is 1. The Morgan fingerprint density at radius 2 is 2.12 bits per heavy atom. The van der Waals surface area contributed by atoms with Crippen LogP contribution in [0, 0.1) is 0 Å². The first-order valence-electron chi connectivity index (χ1n) is 6.06. The summed E-state index contributed by atoms with van der Waals surface area (Å²) < 4.78 is 0. The van der Waals surface area contributed by atoms with E-state index in [1.165, 1.54) is 0 Å². The second kappa shape index (κ2) is 5.25. The Morgan fingerprint density at radius 3 is 2.71 bits per heavy atom. The number of anilines is 1. The smallest absolute Gasteiger partial charge is 0.0520 e. The van der Waals surface area contributed by atoms with Crippen LogP contribution in [0.2, 0.25) is 5.02 Å². The monoisotopic (exact) mass is 253 g/mol. The molecule has 1 aromatic rings. The van der Waals surface area contributed by atoms with Crippen molar-refractivity contribution in [3.63, 3.8) is 0 Å². The number of benzene rings is 1. The SMILES string of the molecule is CN1CCC(CN)(Nc2cccc(Cl)c2)CC1. The van der Waals surface area contributed by atoms with E-state index in [9.17, 15) is 0 Å². The first-order chi connectivity index (χ1) is 8.13. The minimum absolute atomic E-state index is 0.0250. The van der Waals surface area contributed by atoms with Crippen LogP contribution in [0.25, 0.3) is 0 Å². The van der Waals surface area contributed by atoms with Crippen LogP contribution in [-0.4, -0.2) is 37.1 Å². The van der Waals surface area contributed by atoms with Gasteiger partial charge < -0.3 is 16.0 Å². The number of nitrogens with one attached hydrogen (secondary N) is 1. The zero-order valence-corrected chi connectivity index (χ0v) is 11.0. The maximum absolute atomic E-state index is 5.99. The molecule has 1 aliphatic rings. The minimum atomic E-state index is 0.0250. The van der Waals surface area contributed by atoms with E-state index in [0.717, 1.165) is 36.6 Å². The highest BCUT2D eigenvalue weighted by atomic mass is 35.5. The van der Waals surface area contributed by atoms with Crippen molar-refractivity contribution in [2.75, 3.05) is 32.0 Å². The van der Waals surface area contributed by atoms with Crippen LogP contribution < -0.4 is 11.1 Å². The summed E-state index contributed by atoms with van der Waals surface area (Å²) in [6.45, 7) is 2.84. The molecule has 0 spiro atoms. The Morgan fingerprint density at radius 1 is 1.41 bits per heavy atom. The largest absolute Gasteiger partial charge is 0.378 e. The van der Waals surface area contributed by atoms with E-state index in [0.29, 0.717) is 6.54 Å². The predicted molar refractivity (Wildman–Crippen MR) is 73.6 cm³/mol. The Bertz CT molecular complexity index is 373. The molecule has 1 saturated heterocycles. The highest BCUT2D eigenvalue weighted by molar-refractivity contribution is 6.30. The van der Waals surface area contributed by atoms with Crippen molar-refractivity contribution in [2.45, 2.75) is 18.4 Å². The van der Waals surface area contributed by atoms with Crippen molar-refractivity contribution < 1.29 is 0 Å². The summed E-state index contributed by atoms with van der Waals surface area (Å²) in [4.78, 5) is 2.34. The van der Waals surface area contributed by atoms with Crippen LogP contribution in [0.3, 0.4) is 0 Å². The number of hydrogen-bond donors (Lipinski definition) is 2. The molecule has 3 N–H and O–H groups in total. The molecule has 0 atom stereocenters. The lowest BCUT2D eigenvalue weighted by Crippen LogP contribution is -2.52. The van der Waals surface area contributed by atoms with Crippen LogP contribution in [0.1, 0.15) is 12.8 Å². The Kier molecular flexibility index (Phi) is 3.92. The Balaban J connectivity index is 2.09. The molecule has 0 aliphatic carbocycles. The normalized spacial score (nSPS) is 20.2. The molecule has 0 unspecified atom stereocenters. The maximum Gasteiger partial charge on any atom is 0.0520 e. The van der Waals surface area contributed by atoms with Crippen molar-refractivity contribution >= 4 is 17.3 Å². The zero-order valence-electron chi connectivity index (χ0n) is 10.2. The van der Waals surface area contributed by atoms with E-state index >= 15 is 0 Å². The summed E-state index contributed by atoms with van der Waals surface area (Å²) in [5.74, 6) is 0. The molecule has 1 aromatic carbocycles. The van der Waals surface area contributed by atoms with Crippen LogP contribution >= 0.6 is 11.6 Å².